The van der Waals surface area contributed by atoms with Gasteiger partial charge < -0.3 is 36.0 Å². The lowest BCUT2D eigenvalue weighted by Crippen LogP contribution is -2.59. The Hall–Kier alpha value is -5.83. The number of aliphatic carboxylic acids is 1. The van der Waals surface area contributed by atoms with Gasteiger partial charge in [-0.1, -0.05) is 73.7 Å². The molecule has 6 atom stereocenters. The summed E-state index contributed by atoms with van der Waals surface area (Å²) in [5.74, 6) is -3.16. The minimum Gasteiger partial charge on any atom is -0.487 e. The molecule has 15 heteroatoms. The Morgan fingerprint density at radius 2 is 1.72 bits per heavy atom. The third-order valence-electron chi connectivity index (χ3n) is 10.1. The maximum atomic E-state index is 14.4. The van der Waals surface area contributed by atoms with Crippen LogP contribution < -0.4 is 26.0 Å². The molecule has 1 fully saturated rings. The minimum atomic E-state index is -1.30. The number of likely N-dealkylation sites (tertiary alicyclic amines) is 1. The summed E-state index contributed by atoms with van der Waals surface area (Å²) in [6, 6.07) is 14.8. The van der Waals surface area contributed by atoms with Crippen molar-refractivity contribution in [3.05, 3.63) is 89.7 Å². The lowest BCUT2D eigenvalue weighted by molar-refractivity contribution is -0.144. The molecule has 0 aliphatic carbocycles. The summed E-state index contributed by atoms with van der Waals surface area (Å²) >= 11 is 0. The number of amides is 4. The van der Waals surface area contributed by atoms with E-state index >= 15 is 0 Å². The topological polar surface area (TPSA) is 197 Å². The number of nitrogens with zero attached hydrogens (tertiary/aromatic N) is 4. The Bertz CT molecular complexity index is 2020. The number of carboxylic acid groups (broad SMARTS) is 1. The van der Waals surface area contributed by atoms with Gasteiger partial charge in [0.25, 0.3) is 0 Å². The van der Waals surface area contributed by atoms with Crippen molar-refractivity contribution in [2.75, 3.05) is 13.6 Å². The molecule has 5 N–H and O–H groups in total. The highest BCUT2D eigenvalue weighted by atomic mass is 16.5. The molecule has 0 radical (unpaired) electrons. The molecule has 4 amide bonds. The van der Waals surface area contributed by atoms with E-state index in [0.29, 0.717) is 17.0 Å². The second-order valence-electron chi connectivity index (χ2n) is 14.3. The molecule has 0 saturated carbocycles. The lowest BCUT2D eigenvalue weighted by atomic mass is 9.99. The first-order valence-corrected chi connectivity index (χ1v) is 18.1. The second kappa shape index (κ2) is 16.5. The Kier molecular flexibility index (Phi) is 11.6. The van der Waals surface area contributed by atoms with E-state index in [9.17, 15) is 29.1 Å². The fraction of sp³-hybridized carbons (Fsp3) is 0.410. The molecule has 15 nitrogen and oxygen atoms in total. The van der Waals surface area contributed by atoms with Crippen molar-refractivity contribution in [3.63, 3.8) is 0 Å². The number of aromatic nitrogens is 3. The van der Waals surface area contributed by atoms with Gasteiger partial charge in [-0.3, -0.25) is 19.2 Å². The molecule has 3 aliphatic rings. The summed E-state index contributed by atoms with van der Waals surface area (Å²) in [6.45, 7) is 5.46. The number of hydrogen-bond acceptors (Lipinski definition) is 9. The SMILES string of the molecule is CNC(C)C(=O)NC(C(=O)N1CC2CC1C(=O)NC(Cc1ccc3ccccc3c1)C(=O)NC(C(=O)O)Cc1ccc(cc1)OCc1cn2nn1)C(C)C. The number of benzene rings is 3. The van der Waals surface area contributed by atoms with E-state index in [2.05, 4.69) is 31.6 Å². The molecule has 1 aromatic heterocycles. The molecule has 0 spiro atoms. The van der Waals surface area contributed by atoms with E-state index in [1.54, 1.807) is 49.1 Å². The van der Waals surface area contributed by atoms with E-state index in [-0.39, 0.29) is 44.2 Å². The molecule has 1 saturated heterocycles. The van der Waals surface area contributed by atoms with Crippen LogP contribution in [0.25, 0.3) is 10.8 Å². The molecule has 6 bridgehead atoms. The predicted molar refractivity (Wildman–Crippen MR) is 198 cm³/mol. The van der Waals surface area contributed by atoms with Crippen LogP contribution in [-0.2, 0) is 43.4 Å². The number of likely N-dealkylation sites (N-methyl/N-ethyl adjacent to an activating group) is 1. The van der Waals surface area contributed by atoms with E-state index in [4.69, 9.17) is 4.74 Å². The van der Waals surface area contributed by atoms with Gasteiger partial charge in [-0.15, -0.1) is 5.10 Å². The van der Waals surface area contributed by atoms with Crippen LogP contribution in [0.2, 0.25) is 0 Å². The molecular weight excluding hydrogens is 692 g/mol. The fourth-order valence-electron chi connectivity index (χ4n) is 6.82. The Labute approximate surface area is 312 Å². The Balaban J connectivity index is 1.37. The molecule has 54 heavy (non-hydrogen) atoms. The number of fused-ring (bicyclic) bond motifs is 10. The quantitative estimate of drug-likeness (QED) is 0.178. The van der Waals surface area contributed by atoms with Crippen LogP contribution in [0, 0.1) is 5.92 Å². The fourth-order valence-corrected chi connectivity index (χ4v) is 6.82. The largest absolute Gasteiger partial charge is 0.487 e. The number of rotatable bonds is 8. The zero-order valence-corrected chi connectivity index (χ0v) is 30.7. The van der Waals surface area contributed by atoms with Gasteiger partial charge in [-0.2, -0.15) is 0 Å². The van der Waals surface area contributed by atoms with Gasteiger partial charge in [0.1, 0.15) is 42.2 Å². The van der Waals surface area contributed by atoms with Crippen molar-refractivity contribution < 1.29 is 33.8 Å². The van der Waals surface area contributed by atoms with Crippen molar-refractivity contribution in [2.24, 2.45) is 5.92 Å². The first-order valence-electron chi connectivity index (χ1n) is 18.1. The Morgan fingerprint density at radius 1 is 0.981 bits per heavy atom. The summed E-state index contributed by atoms with van der Waals surface area (Å²) in [5, 5.41) is 31.9. The highest BCUT2D eigenvalue weighted by Gasteiger charge is 2.45. The summed E-state index contributed by atoms with van der Waals surface area (Å²) in [4.78, 5) is 69.7. The van der Waals surface area contributed by atoms with Crippen LogP contribution in [0.5, 0.6) is 5.75 Å². The number of nitrogens with one attached hydrogen (secondary N) is 4. The summed E-state index contributed by atoms with van der Waals surface area (Å²) in [7, 11) is 1.64. The smallest absolute Gasteiger partial charge is 0.326 e. The van der Waals surface area contributed by atoms with Crippen LogP contribution in [0.1, 0.15) is 50.1 Å². The highest BCUT2D eigenvalue weighted by molar-refractivity contribution is 5.96. The molecule has 284 valence electrons. The predicted octanol–water partition coefficient (Wildman–Crippen LogP) is 1.75. The lowest BCUT2D eigenvalue weighted by Gasteiger charge is -2.32. The zero-order valence-electron chi connectivity index (χ0n) is 30.7. The van der Waals surface area contributed by atoms with Gasteiger partial charge in [0.15, 0.2) is 0 Å². The van der Waals surface area contributed by atoms with Crippen molar-refractivity contribution in [2.45, 2.75) is 82.9 Å². The highest BCUT2D eigenvalue weighted by Crippen LogP contribution is 2.29. The number of carbonyl (C=O) groups is 5. The molecular formula is C39H46N8O7. The van der Waals surface area contributed by atoms with Crippen LogP contribution in [0.3, 0.4) is 0 Å². The van der Waals surface area contributed by atoms with Gasteiger partial charge in [0, 0.05) is 25.8 Å². The maximum Gasteiger partial charge on any atom is 0.326 e. The minimum absolute atomic E-state index is 0.0205. The average molecular weight is 739 g/mol. The Morgan fingerprint density at radius 3 is 2.43 bits per heavy atom. The van der Waals surface area contributed by atoms with Crippen molar-refractivity contribution >= 4 is 40.4 Å². The molecule has 6 unspecified atom stereocenters. The van der Waals surface area contributed by atoms with E-state index in [1.165, 1.54) is 4.90 Å². The van der Waals surface area contributed by atoms with E-state index < -0.39 is 59.9 Å². The van der Waals surface area contributed by atoms with Gasteiger partial charge in [-0.05, 0) is 53.9 Å². The first-order chi connectivity index (χ1) is 25.9. The third-order valence-corrected chi connectivity index (χ3v) is 10.1. The maximum absolute atomic E-state index is 14.4. The molecule has 4 heterocycles. The molecule has 4 aromatic rings. The van der Waals surface area contributed by atoms with Crippen LogP contribution in [0.15, 0.2) is 72.9 Å². The first kappa shape index (κ1) is 37.9. The van der Waals surface area contributed by atoms with Gasteiger partial charge in [0.05, 0.1) is 18.3 Å². The van der Waals surface area contributed by atoms with E-state index in [1.807, 2.05) is 56.3 Å². The second-order valence-corrected chi connectivity index (χ2v) is 14.3. The van der Waals surface area contributed by atoms with Gasteiger partial charge in [-0.25, -0.2) is 9.48 Å². The van der Waals surface area contributed by atoms with E-state index in [0.717, 1.165) is 16.3 Å². The normalized spacial score (nSPS) is 21.6. The monoisotopic (exact) mass is 738 g/mol. The van der Waals surface area contributed by atoms with Crippen LogP contribution in [0.4, 0.5) is 0 Å². The summed E-state index contributed by atoms with van der Waals surface area (Å²) < 4.78 is 7.52. The average Bonchev–Trinajstić information content (AvgIpc) is 3.83. The van der Waals surface area contributed by atoms with Gasteiger partial charge >= 0.3 is 5.97 Å². The summed E-state index contributed by atoms with van der Waals surface area (Å²) in [6.07, 6.45) is 1.87. The zero-order chi connectivity index (χ0) is 38.5. The van der Waals surface area contributed by atoms with Crippen molar-refractivity contribution in [1.29, 1.82) is 0 Å². The number of hydrogen-bond donors (Lipinski definition) is 5. The number of carbonyl (C=O) groups excluding carboxylic acids is 4. The third kappa shape index (κ3) is 8.68. The van der Waals surface area contributed by atoms with Crippen LogP contribution in [-0.4, -0.2) is 98.4 Å². The molecule has 3 aliphatic heterocycles. The molecule has 7 rings (SSSR count). The van der Waals surface area contributed by atoms with Crippen LogP contribution >= 0.6 is 0 Å². The number of carboxylic acids is 1. The summed E-state index contributed by atoms with van der Waals surface area (Å²) in [5.41, 5.74) is 1.91. The van der Waals surface area contributed by atoms with Crippen molar-refractivity contribution in [1.82, 2.24) is 41.2 Å². The van der Waals surface area contributed by atoms with Gasteiger partial charge in [0.2, 0.25) is 23.6 Å². The van der Waals surface area contributed by atoms with Crippen molar-refractivity contribution in [3.8, 4) is 5.75 Å². The molecule has 3 aromatic carbocycles. The number of ether oxygens (including phenoxy) is 1. The standard InChI is InChI=1S/C39H46N8O7/c1-22(2)34(43-35(48)23(3)40-4)38(51)46-20-29-18-33(46)37(50)41-31(17-25-9-12-26-7-5-6-8-27(26)15-25)36(49)42-32(39(52)53)16-24-10-13-30(14-11-24)54-21-28-19-47(29)45-44-28/h5-15,19,22-23,29,31-34,40H,16-18,20-21H2,1-4H3,(H,41,50)(H,42,49)(H,43,48)(H,52,53).